The number of nitrogens with zero attached hydrogens (tertiary/aromatic N) is 4. The molecule has 0 fully saturated rings. The zero-order valence-corrected chi connectivity index (χ0v) is 17.9. The van der Waals surface area contributed by atoms with Crippen molar-refractivity contribution in [3.05, 3.63) is 66.7 Å². The van der Waals surface area contributed by atoms with Crippen LogP contribution in [-0.4, -0.2) is 31.4 Å². The zero-order valence-electron chi connectivity index (χ0n) is 17.1. The molecule has 0 atom stereocenters. The van der Waals surface area contributed by atoms with Crippen LogP contribution in [0.2, 0.25) is 0 Å². The van der Waals surface area contributed by atoms with Gasteiger partial charge in [0.05, 0.1) is 18.2 Å². The third kappa shape index (κ3) is 4.95. The molecule has 1 aromatic carbocycles. The molecule has 8 nitrogen and oxygen atoms in total. The van der Waals surface area contributed by atoms with Crippen LogP contribution < -0.4 is 10.1 Å². The van der Waals surface area contributed by atoms with Gasteiger partial charge in [0.25, 0.3) is 0 Å². The Hall–Kier alpha value is -3.59. The number of hydrogen-bond acceptors (Lipinski definition) is 7. The summed E-state index contributed by atoms with van der Waals surface area (Å²) in [7, 11) is 0. The highest BCUT2D eigenvalue weighted by Crippen LogP contribution is 2.27. The van der Waals surface area contributed by atoms with E-state index in [1.165, 1.54) is 11.8 Å². The number of carbonyl (C=O) groups is 1. The molecule has 158 valence electrons. The maximum absolute atomic E-state index is 12.5. The van der Waals surface area contributed by atoms with E-state index < -0.39 is 0 Å². The first-order valence-corrected chi connectivity index (χ1v) is 10.7. The number of hydrogen-bond donors (Lipinski definition) is 1. The minimum absolute atomic E-state index is 0.129. The minimum atomic E-state index is -0.129. The number of ether oxygens (including phenoxy) is 1. The fourth-order valence-corrected chi connectivity index (χ4v) is 3.77. The van der Waals surface area contributed by atoms with Crippen molar-refractivity contribution in [3.63, 3.8) is 0 Å². The minimum Gasteiger partial charge on any atom is -0.461 e. The molecule has 9 heteroatoms. The lowest BCUT2D eigenvalue weighted by Gasteiger charge is -2.11. The van der Waals surface area contributed by atoms with Crippen LogP contribution >= 0.6 is 11.8 Å². The van der Waals surface area contributed by atoms with Gasteiger partial charge in [0.15, 0.2) is 16.7 Å². The van der Waals surface area contributed by atoms with Gasteiger partial charge in [-0.15, -0.1) is 10.2 Å². The topological polar surface area (TPSA) is 95.1 Å². The first kappa shape index (κ1) is 20.7. The number of thioether (sulfide) groups is 1. The fraction of sp³-hybridized carbons (Fsp3) is 0.182. The molecule has 0 aliphatic heterocycles. The standard InChI is InChI=1S/C22H21N5O3S/c1-3-27-21(19-7-5-11-29-19)25-26-22(27)31-14-20(28)24-16-8-9-18(15(2)12-16)30-17-6-4-10-23-13-17/h4-13H,3,14H2,1-2H3,(H,24,28). The molecule has 0 saturated carbocycles. The number of aromatic nitrogens is 4. The molecule has 4 rings (SSSR count). The summed E-state index contributed by atoms with van der Waals surface area (Å²) in [6.07, 6.45) is 4.94. The zero-order chi connectivity index (χ0) is 21.6. The SMILES string of the molecule is CCn1c(SCC(=O)Nc2ccc(Oc3cccnc3)c(C)c2)nnc1-c1ccco1. The number of amides is 1. The highest BCUT2D eigenvalue weighted by atomic mass is 32.2. The number of rotatable bonds is 8. The van der Waals surface area contributed by atoms with Gasteiger partial charge < -0.3 is 14.5 Å². The van der Waals surface area contributed by atoms with Gasteiger partial charge in [-0.1, -0.05) is 11.8 Å². The van der Waals surface area contributed by atoms with Crippen LogP contribution in [0.25, 0.3) is 11.6 Å². The average molecular weight is 436 g/mol. The largest absolute Gasteiger partial charge is 0.461 e. The second-order valence-corrected chi connectivity index (χ2v) is 7.58. The molecule has 3 heterocycles. The molecule has 31 heavy (non-hydrogen) atoms. The third-order valence-corrected chi connectivity index (χ3v) is 5.39. The first-order valence-electron chi connectivity index (χ1n) is 9.72. The summed E-state index contributed by atoms with van der Waals surface area (Å²) < 4.78 is 13.2. The monoisotopic (exact) mass is 435 g/mol. The fourth-order valence-electron chi connectivity index (χ4n) is 2.97. The second-order valence-electron chi connectivity index (χ2n) is 6.64. The summed E-state index contributed by atoms with van der Waals surface area (Å²) in [5.74, 6) is 2.75. The van der Waals surface area contributed by atoms with E-state index in [9.17, 15) is 4.79 Å². The molecule has 1 N–H and O–H groups in total. The van der Waals surface area contributed by atoms with Crippen LogP contribution in [0.5, 0.6) is 11.5 Å². The van der Waals surface area contributed by atoms with Gasteiger partial charge in [-0.3, -0.25) is 14.3 Å². The molecule has 0 spiro atoms. The quantitative estimate of drug-likeness (QED) is 0.398. The van der Waals surface area contributed by atoms with Gasteiger partial charge in [-0.2, -0.15) is 0 Å². The Morgan fingerprint density at radius 2 is 2.13 bits per heavy atom. The maximum atomic E-state index is 12.5. The summed E-state index contributed by atoms with van der Waals surface area (Å²) in [5, 5.41) is 12.0. The van der Waals surface area contributed by atoms with Crippen LogP contribution in [0, 0.1) is 6.92 Å². The summed E-state index contributed by atoms with van der Waals surface area (Å²) in [6.45, 7) is 4.60. The molecular formula is C22H21N5O3S. The first-order chi connectivity index (χ1) is 15.1. The van der Waals surface area contributed by atoms with E-state index in [0.717, 1.165) is 5.56 Å². The molecular weight excluding hydrogens is 414 g/mol. The summed E-state index contributed by atoms with van der Waals surface area (Å²) in [5.41, 5.74) is 1.61. The van der Waals surface area contributed by atoms with Crippen LogP contribution in [0.3, 0.4) is 0 Å². The van der Waals surface area contributed by atoms with Gasteiger partial charge in [-0.25, -0.2) is 0 Å². The molecule has 0 unspecified atom stereocenters. The summed E-state index contributed by atoms with van der Waals surface area (Å²) >= 11 is 1.33. The van der Waals surface area contributed by atoms with Gasteiger partial charge in [0.2, 0.25) is 5.91 Å². The lowest BCUT2D eigenvalue weighted by molar-refractivity contribution is -0.113. The smallest absolute Gasteiger partial charge is 0.234 e. The van der Waals surface area contributed by atoms with Crippen molar-refractivity contribution >= 4 is 23.4 Å². The third-order valence-electron chi connectivity index (χ3n) is 4.43. The average Bonchev–Trinajstić information content (AvgIpc) is 3.44. The molecule has 1 amide bonds. The normalized spacial score (nSPS) is 10.8. The van der Waals surface area contributed by atoms with E-state index in [2.05, 4.69) is 20.5 Å². The molecule has 0 saturated heterocycles. The van der Waals surface area contributed by atoms with Gasteiger partial charge in [0.1, 0.15) is 11.5 Å². The van der Waals surface area contributed by atoms with E-state index >= 15 is 0 Å². The lowest BCUT2D eigenvalue weighted by Crippen LogP contribution is -2.14. The van der Waals surface area contributed by atoms with Crippen molar-refractivity contribution in [2.45, 2.75) is 25.5 Å². The van der Waals surface area contributed by atoms with E-state index in [1.54, 1.807) is 24.7 Å². The summed E-state index contributed by atoms with van der Waals surface area (Å²) in [4.78, 5) is 16.5. The number of furan rings is 1. The number of carbonyl (C=O) groups excluding carboxylic acids is 1. The number of nitrogens with one attached hydrogen (secondary N) is 1. The predicted octanol–water partition coefficient (Wildman–Crippen LogP) is 4.78. The van der Waals surface area contributed by atoms with E-state index in [1.807, 2.05) is 54.8 Å². The van der Waals surface area contributed by atoms with E-state index in [0.29, 0.717) is 40.5 Å². The van der Waals surface area contributed by atoms with Crippen LogP contribution in [0.1, 0.15) is 12.5 Å². The molecule has 0 aliphatic carbocycles. The number of anilines is 1. The summed E-state index contributed by atoms with van der Waals surface area (Å²) in [6, 6.07) is 12.8. The van der Waals surface area contributed by atoms with Crippen LogP contribution in [-0.2, 0) is 11.3 Å². The van der Waals surface area contributed by atoms with Crippen molar-refractivity contribution in [1.29, 1.82) is 0 Å². The highest BCUT2D eigenvalue weighted by Gasteiger charge is 2.16. The Morgan fingerprint density at radius 3 is 2.84 bits per heavy atom. The van der Waals surface area contributed by atoms with Crippen molar-refractivity contribution < 1.29 is 13.9 Å². The Bertz CT molecular complexity index is 1160. The van der Waals surface area contributed by atoms with Crippen molar-refractivity contribution in [1.82, 2.24) is 19.7 Å². The second kappa shape index (κ2) is 9.48. The number of aryl methyl sites for hydroxylation is 1. The number of benzene rings is 1. The van der Waals surface area contributed by atoms with Gasteiger partial charge >= 0.3 is 0 Å². The maximum Gasteiger partial charge on any atom is 0.234 e. The molecule has 0 aliphatic rings. The number of pyridine rings is 1. The predicted molar refractivity (Wildman–Crippen MR) is 118 cm³/mol. The lowest BCUT2D eigenvalue weighted by atomic mass is 10.2. The highest BCUT2D eigenvalue weighted by molar-refractivity contribution is 7.99. The van der Waals surface area contributed by atoms with Crippen LogP contribution in [0.15, 0.2) is 70.7 Å². The molecule has 0 bridgehead atoms. The van der Waals surface area contributed by atoms with E-state index in [-0.39, 0.29) is 11.7 Å². The van der Waals surface area contributed by atoms with Crippen molar-refractivity contribution in [2.24, 2.45) is 0 Å². The van der Waals surface area contributed by atoms with Crippen molar-refractivity contribution in [3.8, 4) is 23.1 Å². The molecule has 3 aromatic heterocycles. The van der Waals surface area contributed by atoms with Gasteiger partial charge in [0, 0.05) is 18.4 Å². The van der Waals surface area contributed by atoms with Crippen LogP contribution in [0.4, 0.5) is 5.69 Å². The Balaban J connectivity index is 1.37. The van der Waals surface area contributed by atoms with E-state index in [4.69, 9.17) is 9.15 Å². The Kier molecular flexibility index (Phi) is 6.32. The Morgan fingerprint density at radius 1 is 1.23 bits per heavy atom. The van der Waals surface area contributed by atoms with Crippen molar-refractivity contribution in [2.75, 3.05) is 11.1 Å². The van der Waals surface area contributed by atoms with Gasteiger partial charge in [-0.05, 0) is 61.9 Å². The Labute approximate surface area is 183 Å². The molecule has 4 aromatic rings. The molecule has 0 radical (unpaired) electrons.